The summed E-state index contributed by atoms with van der Waals surface area (Å²) < 4.78 is 5.53. The molecule has 0 aromatic carbocycles. The Morgan fingerprint density at radius 3 is 2.87 bits per heavy atom. The maximum absolute atomic E-state index is 5.53. The molecule has 2 nitrogen and oxygen atoms in total. The highest BCUT2D eigenvalue weighted by Gasteiger charge is 2.26. The summed E-state index contributed by atoms with van der Waals surface area (Å²) in [6.45, 7) is 8.28. The molecule has 3 heteroatoms. The summed E-state index contributed by atoms with van der Waals surface area (Å²) in [6, 6.07) is 0.728. The fraction of sp³-hybridized carbons (Fsp3) is 1.00. The lowest BCUT2D eigenvalue weighted by Gasteiger charge is -2.20. The van der Waals surface area contributed by atoms with Crippen molar-refractivity contribution in [1.82, 2.24) is 5.32 Å². The van der Waals surface area contributed by atoms with Gasteiger partial charge in [0.05, 0.1) is 12.7 Å². The third-order valence-corrected chi connectivity index (χ3v) is 4.12. The molecule has 0 aromatic heterocycles. The molecule has 1 saturated carbocycles. The van der Waals surface area contributed by atoms with E-state index in [0.29, 0.717) is 6.10 Å². The first kappa shape index (κ1) is 13.3. The first-order valence-corrected chi connectivity index (χ1v) is 7.25. The molecule has 0 aromatic rings. The fourth-order valence-corrected chi connectivity index (χ4v) is 3.34. The van der Waals surface area contributed by atoms with Crippen molar-refractivity contribution in [2.75, 3.05) is 18.9 Å². The van der Waals surface area contributed by atoms with Gasteiger partial charge in [0.2, 0.25) is 0 Å². The van der Waals surface area contributed by atoms with Crippen molar-refractivity contribution in [3.05, 3.63) is 0 Å². The summed E-state index contributed by atoms with van der Waals surface area (Å²) in [7, 11) is 0. The van der Waals surface area contributed by atoms with Crippen LogP contribution in [-0.2, 0) is 4.74 Å². The molecule has 1 aliphatic carbocycles. The van der Waals surface area contributed by atoms with Crippen molar-refractivity contribution in [1.29, 1.82) is 0 Å². The van der Waals surface area contributed by atoms with E-state index in [1.54, 1.807) is 0 Å². The number of hydrogen-bond acceptors (Lipinski definition) is 3. The average Bonchev–Trinajstić information content (AvgIpc) is 2.61. The van der Waals surface area contributed by atoms with Gasteiger partial charge in [0, 0.05) is 17.8 Å². The van der Waals surface area contributed by atoms with E-state index < -0.39 is 0 Å². The van der Waals surface area contributed by atoms with Gasteiger partial charge >= 0.3 is 0 Å². The minimum atomic E-state index is 0.358. The van der Waals surface area contributed by atoms with Crippen LogP contribution in [0.15, 0.2) is 0 Å². The van der Waals surface area contributed by atoms with Gasteiger partial charge in [-0.15, -0.1) is 0 Å². The number of rotatable bonds is 7. The quantitative estimate of drug-likeness (QED) is 0.681. The smallest absolute Gasteiger partial charge is 0.0594 e. The van der Waals surface area contributed by atoms with E-state index >= 15 is 0 Å². The van der Waals surface area contributed by atoms with Crippen molar-refractivity contribution in [3.8, 4) is 0 Å². The Hall–Kier alpha value is 0.270. The lowest BCUT2D eigenvalue weighted by Crippen LogP contribution is -2.36. The Bertz CT molecular complexity index is 164. The molecule has 0 aliphatic heterocycles. The molecule has 0 heterocycles. The van der Waals surface area contributed by atoms with E-state index in [9.17, 15) is 0 Å². The highest BCUT2D eigenvalue weighted by molar-refractivity contribution is 7.99. The topological polar surface area (TPSA) is 21.3 Å². The molecule has 2 unspecified atom stereocenters. The molecule has 0 amide bonds. The Balaban J connectivity index is 2.09. The Morgan fingerprint density at radius 1 is 1.40 bits per heavy atom. The van der Waals surface area contributed by atoms with E-state index in [4.69, 9.17) is 4.74 Å². The maximum atomic E-state index is 5.53. The number of ether oxygens (including phenoxy) is 1. The zero-order chi connectivity index (χ0) is 11.1. The highest BCUT2D eigenvalue weighted by atomic mass is 32.2. The standard InChI is InChI=1S/C12H25NOS/c1-4-15-12-7-5-6-11(12)13-8-9-14-10(2)3/h10-13H,4-9H2,1-3H3. The summed E-state index contributed by atoms with van der Waals surface area (Å²) in [5.74, 6) is 1.24. The third kappa shape index (κ3) is 5.23. The maximum Gasteiger partial charge on any atom is 0.0594 e. The molecular weight excluding hydrogens is 206 g/mol. The van der Waals surface area contributed by atoms with E-state index in [1.807, 2.05) is 0 Å². The first-order chi connectivity index (χ1) is 7.24. The molecule has 15 heavy (non-hydrogen) atoms. The van der Waals surface area contributed by atoms with Gasteiger partial charge in [0.15, 0.2) is 0 Å². The largest absolute Gasteiger partial charge is 0.377 e. The van der Waals surface area contributed by atoms with E-state index in [-0.39, 0.29) is 0 Å². The molecule has 1 rings (SSSR count). The second-order valence-electron chi connectivity index (χ2n) is 4.40. The summed E-state index contributed by atoms with van der Waals surface area (Å²) in [5.41, 5.74) is 0. The summed E-state index contributed by atoms with van der Waals surface area (Å²) >= 11 is 2.11. The Kier molecular flexibility index (Phi) is 6.69. The van der Waals surface area contributed by atoms with Gasteiger partial charge in [0.25, 0.3) is 0 Å². The lowest BCUT2D eigenvalue weighted by molar-refractivity contribution is 0.0795. The molecule has 2 atom stereocenters. The lowest BCUT2D eigenvalue weighted by atomic mass is 10.2. The Labute approximate surface area is 98.5 Å². The van der Waals surface area contributed by atoms with Crippen molar-refractivity contribution in [2.45, 2.75) is 57.4 Å². The molecule has 1 fully saturated rings. The zero-order valence-electron chi connectivity index (χ0n) is 10.3. The molecular formula is C12H25NOS. The van der Waals surface area contributed by atoms with Crippen LogP contribution in [0, 0.1) is 0 Å². The minimum Gasteiger partial charge on any atom is -0.377 e. The van der Waals surface area contributed by atoms with E-state index in [0.717, 1.165) is 24.4 Å². The number of nitrogens with one attached hydrogen (secondary N) is 1. The van der Waals surface area contributed by atoms with Gasteiger partial charge < -0.3 is 10.1 Å². The molecule has 0 spiro atoms. The van der Waals surface area contributed by atoms with Crippen LogP contribution in [0.2, 0.25) is 0 Å². The SMILES string of the molecule is CCSC1CCCC1NCCOC(C)C. The van der Waals surface area contributed by atoms with Crippen molar-refractivity contribution >= 4 is 11.8 Å². The van der Waals surface area contributed by atoms with Gasteiger partial charge in [-0.3, -0.25) is 0 Å². The van der Waals surface area contributed by atoms with E-state index in [1.165, 1.54) is 25.0 Å². The van der Waals surface area contributed by atoms with Gasteiger partial charge in [-0.25, -0.2) is 0 Å². The van der Waals surface area contributed by atoms with Crippen LogP contribution in [0.1, 0.15) is 40.0 Å². The zero-order valence-corrected chi connectivity index (χ0v) is 11.1. The summed E-state index contributed by atoms with van der Waals surface area (Å²) in [6.07, 6.45) is 4.48. The molecule has 90 valence electrons. The normalized spacial score (nSPS) is 26.4. The van der Waals surface area contributed by atoms with Crippen LogP contribution < -0.4 is 5.32 Å². The third-order valence-electron chi connectivity index (χ3n) is 2.79. The van der Waals surface area contributed by atoms with Gasteiger partial charge in [-0.1, -0.05) is 13.3 Å². The molecule has 0 radical (unpaired) electrons. The van der Waals surface area contributed by atoms with Crippen molar-refractivity contribution < 1.29 is 4.74 Å². The highest BCUT2D eigenvalue weighted by Crippen LogP contribution is 2.29. The van der Waals surface area contributed by atoms with Crippen LogP contribution >= 0.6 is 11.8 Å². The predicted molar refractivity (Wildman–Crippen MR) is 68.6 cm³/mol. The van der Waals surface area contributed by atoms with Crippen LogP contribution in [-0.4, -0.2) is 36.3 Å². The first-order valence-electron chi connectivity index (χ1n) is 6.20. The van der Waals surface area contributed by atoms with Crippen LogP contribution in [0.5, 0.6) is 0 Å². The van der Waals surface area contributed by atoms with Crippen LogP contribution in [0.25, 0.3) is 0 Å². The number of thioether (sulfide) groups is 1. The van der Waals surface area contributed by atoms with Crippen molar-refractivity contribution in [3.63, 3.8) is 0 Å². The molecule has 1 N–H and O–H groups in total. The van der Waals surface area contributed by atoms with Gasteiger partial charge in [0.1, 0.15) is 0 Å². The van der Waals surface area contributed by atoms with Gasteiger partial charge in [-0.2, -0.15) is 11.8 Å². The fourth-order valence-electron chi connectivity index (χ4n) is 2.11. The second-order valence-corrected chi connectivity index (χ2v) is 5.92. The Morgan fingerprint density at radius 2 is 2.20 bits per heavy atom. The number of hydrogen-bond donors (Lipinski definition) is 1. The van der Waals surface area contributed by atoms with Crippen molar-refractivity contribution in [2.24, 2.45) is 0 Å². The predicted octanol–water partition coefficient (Wildman–Crippen LogP) is 2.68. The second kappa shape index (κ2) is 7.53. The monoisotopic (exact) mass is 231 g/mol. The summed E-state index contributed by atoms with van der Waals surface area (Å²) in [4.78, 5) is 0. The summed E-state index contributed by atoms with van der Waals surface area (Å²) in [5, 5.41) is 4.47. The molecule has 0 saturated heterocycles. The molecule has 1 aliphatic rings. The van der Waals surface area contributed by atoms with Crippen LogP contribution in [0.4, 0.5) is 0 Å². The minimum absolute atomic E-state index is 0.358. The van der Waals surface area contributed by atoms with Crippen LogP contribution in [0.3, 0.4) is 0 Å². The van der Waals surface area contributed by atoms with Gasteiger partial charge in [-0.05, 0) is 32.4 Å². The molecule has 0 bridgehead atoms. The van der Waals surface area contributed by atoms with E-state index in [2.05, 4.69) is 37.8 Å². The average molecular weight is 231 g/mol.